The number of carbonyl (C=O) groups is 2. The molecule has 20 heavy (non-hydrogen) atoms. The molecule has 0 aliphatic rings. The number of carbonyl (C=O) groups excluding carboxylic acids is 2. The molecule has 0 fully saturated rings. The summed E-state index contributed by atoms with van der Waals surface area (Å²) in [6.07, 6.45) is 1.58. The van der Waals surface area contributed by atoms with E-state index in [1.54, 1.807) is 6.92 Å². The van der Waals surface area contributed by atoms with Gasteiger partial charge in [-0.05, 0) is 56.9 Å². The lowest BCUT2D eigenvalue weighted by atomic mass is 10.1. The van der Waals surface area contributed by atoms with E-state index in [1.807, 2.05) is 25.1 Å². The van der Waals surface area contributed by atoms with E-state index in [0.29, 0.717) is 13.0 Å². The van der Waals surface area contributed by atoms with Gasteiger partial charge in [0.25, 0.3) is 0 Å². The van der Waals surface area contributed by atoms with Crippen molar-refractivity contribution >= 4 is 11.8 Å². The van der Waals surface area contributed by atoms with Crippen LogP contribution in [0.15, 0.2) is 18.2 Å². The molecule has 0 amide bonds. The minimum atomic E-state index is -0.734. The summed E-state index contributed by atoms with van der Waals surface area (Å²) in [6, 6.07) is 5.96. The SMILES string of the molecule is CCOC(=O)C(=O)CCCCOc1ccc(C)c(C)c1. The van der Waals surface area contributed by atoms with Gasteiger partial charge in [-0.25, -0.2) is 4.79 Å². The van der Waals surface area contributed by atoms with Gasteiger partial charge < -0.3 is 9.47 Å². The van der Waals surface area contributed by atoms with Gasteiger partial charge in [-0.2, -0.15) is 0 Å². The van der Waals surface area contributed by atoms with E-state index in [2.05, 4.69) is 11.7 Å². The normalized spacial score (nSPS) is 10.2. The second-order valence-corrected chi connectivity index (χ2v) is 4.70. The van der Waals surface area contributed by atoms with Crippen LogP contribution < -0.4 is 4.74 Å². The van der Waals surface area contributed by atoms with E-state index >= 15 is 0 Å². The highest BCUT2D eigenvalue weighted by Crippen LogP contribution is 2.16. The van der Waals surface area contributed by atoms with Crippen molar-refractivity contribution in [3.8, 4) is 5.75 Å². The van der Waals surface area contributed by atoms with Crippen LogP contribution >= 0.6 is 0 Å². The first-order valence-corrected chi connectivity index (χ1v) is 6.94. The number of unbranched alkanes of at least 4 members (excludes halogenated alkanes) is 1. The number of rotatable bonds is 8. The number of ketones is 1. The first kappa shape index (κ1) is 16.2. The van der Waals surface area contributed by atoms with Crippen LogP contribution in [0.3, 0.4) is 0 Å². The highest BCUT2D eigenvalue weighted by atomic mass is 16.5. The monoisotopic (exact) mass is 278 g/mol. The number of esters is 1. The molecule has 0 bridgehead atoms. The summed E-state index contributed by atoms with van der Waals surface area (Å²) >= 11 is 0. The summed E-state index contributed by atoms with van der Waals surface area (Å²) in [7, 11) is 0. The number of aryl methyl sites for hydroxylation is 2. The molecule has 1 aromatic carbocycles. The Labute approximate surface area is 120 Å². The summed E-state index contributed by atoms with van der Waals surface area (Å²) in [5, 5.41) is 0. The molecule has 0 atom stereocenters. The highest BCUT2D eigenvalue weighted by molar-refractivity contribution is 6.33. The van der Waals surface area contributed by atoms with Gasteiger partial charge in [-0.1, -0.05) is 6.07 Å². The molecule has 1 rings (SSSR count). The fourth-order valence-electron chi connectivity index (χ4n) is 1.69. The molecule has 0 aliphatic carbocycles. The smallest absolute Gasteiger partial charge is 0.374 e. The Morgan fingerprint density at radius 2 is 1.85 bits per heavy atom. The molecule has 0 N–H and O–H groups in total. The third-order valence-electron chi connectivity index (χ3n) is 3.05. The summed E-state index contributed by atoms with van der Waals surface area (Å²) < 4.78 is 10.2. The average Bonchev–Trinajstić information content (AvgIpc) is 2.42. The van der Waals surface area contributed by atoms with Gasteiger partial charge >= 0.3 is 5.97 Å². The Bertz CT molecular complexity index is 466. The third-order valence-corrected chi connectivity index (χ3v) is 3.05. The molecule has 0 heterocycles. The van der Waals surface area contributed by atoms with Crippen LogP contribution in [0.5, 0.6) is 5.75 Å². The molecule has 0 spiro atoms. The first-order chi connectivity index (χ1) is 9.54. The lowest BCUT2D eigenvalue weighted by molar-refractivity contribution is -0.153. The van der Waals surface area contributed by atoms with Gasteiger partial charge in [0.1, 0.15) is 5.75 Å². The van der Waals surface area contributed by atoms with Crippen LogP contribution in [0.1, 0.15) is 37.3 Å². The number of hydrogen-bond acceptors (Lipinski definition) is 4. The lowest BCUT2D eigenvalue weighted by Crippen LogP contribution is -2.17. The second kappa shape index (κ2) is 8.35. The Hall–Kier alpha value is -1.84. The van der Waals surface area contributed by atoms with Gasteiger partial charge in [0.15, 0.2) is 0 Å². The molecule has 0 unspecified atom stereocenters. The number of ether oxygens (including phenoxy) is 2. The van der Waals surface area contributed by atoms with E-state index in [4.69, 9.17) is 4.74 Å². The Balaban J connectivity index is 2.20. The predicted octanol–water partition coefficient (Wildman–Crippen LogP) is 2.98. The maximum absolute atomic E-state index is 11.3. The lowest BCUT2D eigenvalue weighted by Gasteiger charge is -2.08. The number of Topliss-reactive ketones (excluding diaryl/α,β-unsaturated/α-hetero) is 1. The van der Waals surface area contributed by atoms with Gasteiger partial charge in [-0.15, -0.1) is 0 Å². The first-order valence-electron chi connectivity index (χ1n) is 6.94. The topological polar surface area (TPSA) is 52.6 Å². The molecule has 0 aromatic heterocycles. The van der Waals surface area contributed by atoms with Gasteiger partial charge in [0.2, 0.25) is 5.78 Å². The van der Waals surface area contributed by atoms with Crippen LogP contribution in [-0.4, -0.2) is 25.0 Å². The summed E-state index contributed by atoms with van der Waals surface area (Å²) in [5.74, 6) is -0.356. The maximum Gasteiger partial charge on any atom is 0.374 e. The fourth-order valence-corrected chi connectivity index (χ4v) is 1.69. The van der Waals surface area contributed by atoms with Crippen LogP contribution in [-0.2, 0) is 14.3 Å². The molecule has 0 saturated heterocycles. The van der Waals surface area contributed by atoms with Crippen molar-refractivity contribution in [2.45, 2.75) is 40.0 Å². The fraction of sp³-hybridized carbons (Fsp3) is 0.500. The summed E-state index contributed by atoms with van der Waals surface area (Å²) in [4.78, 5) is 22.4. The van der Waals surface area contributed by atoms with E-state index in [-0.39, 0.29) is 13.0 Å². The average molecular weight is 278 g/mol. The molecule has 0 radical (unpaired) electrons. The quantitative estimate of drug-likeness (QED) is 0.417. The molecular weight excluding hydrogens is 256 g/mol. The molecular formula is C16H22O4. The second-order valence-electron chi connectivity index (χ2n) is 4.70. The van der Waals surface area contributed by atoms with Crippen molar-refractivity contribution in [2.24, 2.45) is 0 Å². The largest absolute Gasteiger partial charge is 0.494 e. The predicted molar refractivity (Wildman–Crippen MR) is 76.9 cm³/mol. The molecule has 4 heteroatoms. The molecule has 0 aliphatic heterocycles. The van der Waals surface area contributed by atoms with Crippen LogP contribution in [0, 0.1) is 13.8 Å². The van der Waals surface area contributed by atoms with Crippen molar-refractivity contribution in [3.05, 3.63) is 29.3 Å². The van der Waals surface area contributed by atoms with E-state index in [0.717, 1.165) is 12.2 Å². The molecule has 110 valence electrons. The minimum absolute atomic E-state index is 0.217. The maximum atomic E-state index is 11.3. The van der Waals surface area contributed by atoms with Crippen LogP contribution in [0.4, 0.5) is 0 Å². The minimum Gasteiger partial charge on any atom is -0.494 e. The van der Waals surface area contributed by atoms with Gasteiger partial charge in [-0.3, -0.25) is 4.79 Å². The summed E-state index contributed by atoms with van der Waals surface area (Å²) in [5.41, 5.74) is 2.43. The number of benzene rings is 1. The van der Waals surface area contributed by atoms with E-state index < -0.39 is 11.8 Å². The van der Waals surface area contributed by atoms with Crippen molar-refractivity contribution < 1.29 is 19.1 Å². The van der Waals surface area contributed by atoms with Crippen molar-refractivity contribution in [1.29, 1.82) is 0 Å². The van der Waals surface area contributed by atoms with Crippen LogP contribution in [0.25, 0.3) is 0 Å². The van der Waals surface area contributed by atoms with Crippen LogP contribution in [0.2, 0.25) is 0 Å². The Morgan fingerprint density at radius 1 is 1.10 bits per heavy atom. The zero-order valence-corrected chi connectivity index (χ0v) is 12.4. The zero-order valence-electron chi connectivity index (χ0n) is 12.4. The summed E-state index contributed by atoms with van der Waals surface area (Å²) in [6.45, 7) is 6.56. The van der Waals surface area contributed by atoms with E-state index in [1.165, 1.54) is 11.1 Å². The number of hydrogen-bond donors (Lipinski definition) is 0. The van der Waals surface area contributed by atoms with Crippen molar-refractivity contribution in [1.82, 2.24) is 0 Å². The standard InChI is InChI=1S/C16H22O4/c1-4-19-16(18)15(17)7-5-6-10-20-14-9-8-12(2)13(3)11-14/h8-9,11H,4-7,10H2,1-3H3. The molecule has 4 nitrogen and oxygen atoms in total. The van der Waals surface area contributed by atoms with Crippen molar-refractivity contribution in [2.75, 3.05) is 13.2 Å². The van der Waals surface area contributed by atoms with Crippen molar-refractivity contribution in [3.63, 3.8) is 0 Å². The van der Waals surface area contributed by atoms with Gasteiger partial charge in [0, 0.05) is 6.42 Å². The third kappa shape index (κ3) is 5.43. The molecule has 0 saturated carbocycles. The van der Waals surface area contributed by atoms with E-state index in [9.17, 15) is 9.59 Å². The highest BCUT2D eigenvalue weighted by Gasteiger charge is 2.13. The zero-order chi connectivity index (χ0) is 15.0. The Kier molecular flexibility index (Phi) is 6.77. The van der Waals surface area contributed by atoms with Gasteiger partial charge in [0.05, 0.1) is 13.2 Å². The Morgan fingerprint density at radius 3 is 2.50 bits per heavy atom. The molecule has 1 aromatic rings.